The molecule has 0 aliphatic heterocycles. The zero-order valence-electron chi connectivity index (χ0n) is 12.1. The first-order valence-electron chi connectivity index (χ1n) is 7.05. The minimum atomic E-state index is -0.661. The number of carbonyl (C=O) groups excluding carboxylic acids is 2. The van der Waals surface area contributed by atoms with Gasteiger partial charge in [-0.3, -0.25) is 9.59 Å². The van der Waals surface area contributed by atoms with Crippen LogP contribution in [0.4, 0.5) is 5.69 Å². The Bertz CT molecular complexity index is 690. The minimum Gasteiger partial charge on any atom is -0.348 e. The number of carbonyl (C=O) groups is 2. The first kappa shape index (κ1) is 14.2. The van der Waals surface area contributed by atoms with Gasteiger partial charge in [-0.15, -0.1) is 10.2 Å². The number of rotatable bonds is 4. The van der Waals surface area contributed by atoms with Gasteiger partial charge in [-0.1, -0.05) is 0 Å². The van der Waals surface area contributed by atoms with Gasteiger partial charge in [0.05, 0.1) is 7.05 Å². The summed E-state index contributed by atoms with van der Waals surface area (Å²) in [5.41, 5.74) is 1.32. The highest BCUT2D eigenvalue weighted by atomic mass is 16.2. The van der Waals surface area contributed by atoms with Crippen molar-refractivity contribution < 1.29 is 9.59 Å². The monoisotopic (exact) mass is 300 g/mol. The molecular formula is C14H16N6O2. The molecule has 1 saturated carbocycles. The van der Waals surface area contributed by atoms with Gasteiger partial charge in [0.25, 0.3) is 0 Å². The lowest BCUT2D eigenvalue weighted by atomic mass is 10.2. The lowest BCUT2D eigenvalue weighted by Crippen LogP contribution is -2.36. The molecule has 22 heavy (non-hydrogen) atoms. The largest absolute Gasteiger partial charge is 0.348 e. The zero-order chi connectivity index (χ0) is 15.5. The molecule has 0 atom stereocenters. The number of hydrogen-bond acceptors (Lipinski definition) is 5. The molecule has 1 heterocycles. The highest BCUT2D eigenvalue weighted by Gasteiger charge is 2.23. The van der Waals surface area contributed by atoms with Gasteiger partial charge in [-0.05, 0) is 48.2 Å². The molecule has 8 heteroatoms. The van der Waals surface area contributed by atoms with Crippen molar-refractivity contribution in [2.75, 3.05) is 11.9 Å². The van der Waals surface area contributed by atoms with E-state index < -0.39 is 11.8 Å². The van der Waals surface area contributed by atoms with E-state index in [-0.39, 0.29) is 0 Å². The third-order valence-electron chi connectivity index (χ3n) is 3.36. The Hall–Kier alpha value is -2.77. The van der Waals surface area contributed by atoms with E-state index in [1.165, 1.54) is 4.80 Å². The number of aryl methyl sites for hydroxylation is 1. The highest BCUT2D eigenvalue weighted by molar-refractivity contribution is 6.39. The molecule has 1 fully saturated rings. The van der Waals surface area contributed by atoms with E-state index in [0.29, 0.717) is 24.0 Å². The molecule has 0 unspecified atom stereocenters. The van der Waals surface area contributed by atoms with Gasteiger partial charge in [0, 0.05) is 17.8 Å². The highest BCUT2D eigenvalue weighted by Crippen LogP contribution is 2.27. The molecule has 0 radical (unpaired) electrons. The number of hydrogen-bond donors (Lipinski definition) is 2. The van der Waals surface area contributed by atoms with Crippen LogP contribution < -0.4 is 10.6 Å². The summed E-state index contributed by atoms with van der Waals surface area (Å²) in [6, 6.07) is 6.90. The number of anilines is 1. The van der Waals surface area contributed by atoms with Crippen LogP contribution in [-0.2, 0) is 16.6 Å². The fraction of sp³-hybridized carbons (Fsp3) is 0.357. The number of nitrogens with zero attached hydrogens (tertiary/aromatic N) is 4. The second-order valence-corrected chi connectivity index (χ2v) is 5.29. The summed E-state index contributed by atoms with van der Waals surface area (Å²) in [5.74, 6) is -0.226. The van der Waals surface area contributed by atoms with Crippen LogP contribution in [-0.4, -0.2) is 38.6 Å². The Morgan fingerprint density at radius 2 is 1.95 bits per heavy atom. The molecule has 1 aromatic heterocycles. The lowest BCUT2D eigenvalue weighted by molar-refractivity contribution is -0.136. The maximum Gasteiger partial charge on any atom is 0.313 e. The summed E-state index contributed by atoms with van der Waals surface area (Å²) in [6.45, 7) is 0.573. The Morgan fingerprint density at radius 3 is 2.55 bits per heavy atom. The lowest BCUT2D eigenvalue weighted by Gasteiger charge is -2.06. The van der Waals surface area contributed by atoms with Crippen LogP contribution >= 0.6 is 0 Å². The summed E-state index contributed by atoms with van der Waals surface area (Å²) in [7, 11) is 1.69. The third kappa shape index (κ3) is 3.46. The van der Waals surface area contributed by atoms with Crippen LogP contribution in [0.15, 0.2) is 24.3 Å². The SMILES string of the molecule is Cn1nnc(-c2ccc(NC(=O)C(=O)NCC3CC3)cc2)n1. The van der Waals surface area contributed by atoms with Crippen molar-refractivity contribution >= 4 is 17.5 Å². The first-order valence-corrected chi connectivity index (χ1v) is 7.05. The average Bonchev–Trinajstić information content (AvgIpc) is 3.25. The predicted octanol–water partition coefficient (Wildman–Crippen LogP) is 0.342. The van der Waals surface area contributed by atoms with E-state index in [1.807, 2.05) is 0 Å². The molecule has 8 nitrogen and oxygen atoms in total. The molecule has 0 spiro atoms. The van der Waals surface area contributed by atoms with Crippen molar-refractivity contribution in [2.24, 2.45) is 13.0 Å². The number of amides is 2. The van der Waals surface area contributed by atoms with Crippen molar-refractivity contribution in [3.8, 4) is 11.4 Å². The van der Waals surface area contributed by atoms with E-state index in [2.05, 4.69) is 26.0 Å². The normalized spacial score (nSPS) is 13.7. The molecule has 2 N–H and O–H groups in total. The van der Waals surface area contributed by atoms with Crippen molar-refractivity contribution in [2.45, 2.75) is 12.8 Å². The number of tetrazole rings is 1. The quantitative estimate of drug-likeness (QED) is 0.793. The fourth-order valence-corrected chi connectivity index (χ4v) is 1.93. The zero-order valence-corrected chi connectivity index (χ0v) is 12.1. The molecule has 114 valence electrons. The molecule has 1 aliphatic rings. The van der Waals surface area contributed by atoms with Crippen LogP contribution in [0.25, 0.3) is 11.4 Å². The molecular weight excluding hydrogens is 284 g/mol. The van der Waals surface area contributed by atoms with Gasteiger partial charge in [0.1, 0.15) is 0 Å². The van der Waals surface area contributed by atoms with E-state index in [0.717, 1.165) is 18.4 Å². The van der Waals surface area contributed by atoms with E-state index >= 15 is 0 Å². The minimum absolute atomic E-state index is 0.502. The van der Waals surface area contributed by atoms with Crippen molar-refractivity contribution in [3.05, 3.63) is 24.3 Å². The summed E-state index contributed by atoms with van der Waals surface area (Å²) >= 11 is 0. The Kier molecular flexibility index (Phi) is 3.82. The molecule has 0 bridgehead atoms. The topological polar surface area (TPSA) is 102 Å². The molecule has 1 aliphatic carbocycles. The van der Waals surface area contributed by atoms with Gasteiger partial charge >= 0.3 is 11.8 Å². The maximum absolute atomic E-state index is 11.7. The van der Waals surface area contributed by atoms with Gasteiger partial charge in [0.2, 0.25) is 5.82 Å². The Labute approximate surface area is 126 Å². The van der Waals surface area contributed by atoms with E-state index in [4.69, 9.17) is 0 Å². The van der Waals surface area contributed by atoms with E-state index in [9.17, 15) is 9.59 Å². The van der Waals surface area contributed by atoms with Gasteiger partial charge in [0.15, 0.2) is 0 Å². The molecule has 0 saturated heterocycles. The molecule has 3 rings (SSSR count). The van der Waals surface area contributed by atoms with Crippen molar-refractivity contribution in [3.63, 3.8) is 0 Å². The van der Waals surface area contributed by atoms with Crippen molar-refractivity contribution in [1.82, 2.24) is 25.5 Å². The van der Waals surface area contributed by atoms with E-state index in [1.54, 1.807) is 31.3 Å². The molecule has 2 aromatic rings. The summed E-state index contributed by atoms with van der Waals surface area (Å²) in [4.78, 5) is 24.7. The van der Waals surface area contributed by atoms with Crippen LogP contribution in [0, 0.1) is 5.92 Å². The summed E-state index contributed by atoms with van der Waals surface area (Å²) in [5, 5.41) is 16.9. The van der Waals surface area contributed by atoms with Crippen LogP contribution in [0.5, 0.6) is 0 Å². The fourth-order valence-electron chi connectivity index (χ4n) is 1.93. The third-order valence-corrected chi connectivity index (χ3v) is 3.36. The second kappa shape index (κ2) is 5.92. The summed E-state index contributed by atoms with van der Waals surface area (Å²) < 4.78 is 0. The summed E-state index contributed by atoms with van der Waals surface area (Å²) in [6.07, 6.45) is 2.25. The predicted molar refractivity (Wildman–Crippen MR) is 78.6 cm³/mol. The van der Waals surface area contributed by atoms with Crippen molar-refractivity contribution in [1.29, 1.82) is 0 Å². The second-order valence-electron chi connectivity index (χ2n) is 5.29. The van der Waals surface area contributed by atoms with Gasteiger partial charge < -0.3 is 10.6 Å². The number of aromatic nitrogens is 4. The maximum atomic E-state index is 11.7. The van der Waals surface area contributed by atoms with Gasteiger partial charge in [-0.25, -0.2) is 0 Å². The first-order chi connectivity index (χ1) is 10.6. The van der Waals surface area contributed by atoms with Crippen LogP contribution in [0.3, 0.4) is 0 Å². The number of nitrogens with one attached hydrogen (secondary N) is 2. The van der Waals surface area contributed by atoms with Crippen LogP contribution in [0.1, 0.15) is 12.8 Å². The van der Waals surface area contributed by atoms with Gasteiger partial charge in [-0.2, -0.15) is 4.80 Å². The number of benzene rings is 1. The Morgan fingerprint density at radius 1 is 1.23 bits per heavy atom. The molecule has 1 aromatic carbocycles. The average molecular weight is 300 g/mol. The standard InChI is InChI=1S/C14H16N6O2/c1-20-18-12(17-19-20)10-4-6-11(7-5-10)16-14(22)13(21)15-8-9-2-3-9/h4-7,9H,2-3,8H2,1H3,(H,15,21)(H,16,22). The molecule has 2 amide bonds. The van der Waals surface area contributed by atoms with Crippen LogP contribution in [0.2, 0.25) is 0 Å². The Balaban J connectivity index is 1.58. The smallest absolute Gasteiger partial charge is 0.313 e.